The van der Waals surface area contributed by atoms with Crippen LogP contribution in [0.25, 0.3) is 0 Å². The number of rotatable bonds is 2. The van der Waals surface area contributed by atoms with Gasteiger partial charge in [-0.05, 0) is 25.2 Å². The molecule has 0 amide bonds. The molecule has 0 aromatic carbocycles. The normalized spacial score (nSPS) is 27.2. The SMILES string of the molecule is Cc1cc(N)nn1C[C@@H]1CC[C@@H]1C. The third-order valence-corrected chi connectivity index (χ3v) is 3.21. The molecule has 1 aliphatic carbocycles. The monoisotopic (exact) mass is 179 g/mol. The summed E-state index contributed by atoms with van der Waals surface area (Å²) in [6.07, 6.45) is 2.72. The van der Waals surface area contributed by atoms with Gasteiger partial charge in [-0.1, -0.05) is 13.3 Å². The van der Waals surface area contributed by atoms with Gasteiger partial charge >= 0.3 is 0 Å². The van der Waals surface area contributed by atoms with Gasteiger partial charge in [0.2, 0.25) is 0 Å². The Morgan fingerprint density at radius 3 is 2.77 bits per heavy atom. The first-order valence-electron chi connectivity index (χ1n) is 4.96. The van der Waals surface area contributed by atoms with Crippen LogP contribution >= 0.6 is 0 Å². The third-order valence-electron chi connectivity index (χ3n) is 3.21. The Morgan fingerprint density at radius 1 is 1.62 bits per heavy atom. The van der Waals surface area contributed by atoms with Crippen molar-refractivity contribution in [1.82, 2.24) is 9.78 Å². The first-order valence-corrected chi connectivity index (χ1v) is 4.96. The lowest BCUT2D eigenvalue weighted by molar-refractivity contribution is 0.164. The molecule has 0 saturated heterocycles. The summed E-state index contributed by atoms with van der Waals surface area (Å²) in [4.78, 5) is 0. The Kier molecular flexibility index (Phi) is 2.02. The predicted molar refractivity (Wildman–Crippen MR) is 53.3 cm³/mol. The first-order chi connectivity index (χ1) is 6.16. The molecule has 0 aliphatic heterocycles. The molecule has 2 N–H and O–H groups in total. The Bertz CT molecular complexity index is 303. The summed E-state index contributed by atoms with van der Waals surface area (Å²) in [6.45, 7) is 5.42. The van der Waals surface area contributed by atoms with E-state index < -0.39 is 0 Å². The van der Waals surface area contributed by atoms with E-state index in [1.54, 1.807) is 0 Å². The minimum Gasteiger partial charge on any atom is -0.382 e. The summed E-state index contributed by atoms with van der Waals surface area (Å²) >= 11 is 0. The molecule has 1 aromatic heterocycles. The highest BCUT2D eigenvalue weighted by molar-refractivity contribution is 5.28. The molecule has 0 radical (unpaired) electrons. The van der Waals surface area contributed by atoms with Crippen LogP contribution in [0.2, 0.25) is 0 Å². The summed E-state index contributed by atoms with van der Waals surface area (Å²) in [6, 6.07) is 1.93. The molecule has 2 rings (SSSR count). The van der Waals surface area contributed by atoms with Crippen LogP contribution < -0.4 is 5.73 Å². The van der Waals surface area contributed by atoms with Gasteiger partial charge in [-0.2, -0.15) is 5.10 Å². The molecule has 13 heavy (non-hydrogen) atoms. The van der Waals surface area contributed by atoms with E-state index >= 15 is 0 Å². The van der Waals surface area contributed by atoms with Crippen molar-refractivity contribution < 1.29 is 0 Å². The van der Waals surface area contributed by atoms with Crippen molar-refractivity contribution in [1.29, 1.82) is 0 Å². The fraction of sp³-hybridized carbons (Fsp3) is 0.700. The van der Waals surface area contributed by atoms with Gasteiger partial charge < -0.3 is 5.73 Å². The van der Waals surface area contributed by atoms with Crippen molar-refractivity contribution in [3.63, 3.8) is 0 Å². The topological polar surface area (TPSA) is 43.8 Å². The second-order valence-corrected chi connectivity index (χ2v) is 4.21. The van der Waals surface area contributed by atoms with Crippen LogP contribution in [0.5, 0.6) is 0 Å². The fourth-order valence-electron chi connectivity index (χ4n) is 1.95. The smallest absolute Gasteiger partial charge is 0.145 e. The molecule has 1 aromatic rings. The number of nitrogens with two attached hydrogens (primary N) is 1. The minimum absolute atomic E-state index is 0.643. The van der Waals surface area contributed by atoms with E-state index in [0.717, 1.165) is 18.4 Å². The largest absolute Gasteiger partial charge is 0.382 e. The van der Waals surface area contributed by atoms with Crippen molar-refractivity contribution in [3.05, 3.63) is 11.8 Å². The zero-order valence-corrected chi connectivity index (χ0v) is 8.33. The molecular formula is C10H17N3. The van der Waals surface area contributed by atoms with Crippen molar-refractivity contribution in [2.45, 2.75) is 33.2 Å². The molecule has 0 bridgehead atoms. The Balaban J connectivity index is 2.04. The molecular weight excluding hydrogens is 162 g/mol. The van der Waals surface area contributed by atoms with E-state index in [2.05, 4.69) is 18.9 Å². The van der Waals surface area contributed by atoms with Crippen molar-refractivity contribution in [3.8, 4) is 0 Å². The Hall–Kier alpha value is -0.990. The number of nitrogen functional groups attached to an aromatic ring is 1. The van der Waals surface area contributed by atoms with Crippen molar-refractivity contribution >= 4 is 5.82 Å². The maximum atomic E-state index is 5.62. The summed E-state index contributed by atoms with van der Waals surface area (Å²) < 4.78 is 2.04. The average molecular weight is 179 g/mol. The van der Waals surface area contributed by atoms with Gasteiger partial charge in [0.25, 0.3) is 0 Å². The maximum absolute atomic E-state index is 5.62. The standard InChI is InChI=1S/C10H17N3/c1-7-3-4-9(7)6-13-8(2)5-10(11)12-13/h5,7,9H,3-4,6H2,1-2H3,(H2,11,12)/t7-,9-/m0/s1. The van der Waals surface area contributed by atoms with Gasteiger partial charge in [-0.25, -0.2) is 0 Å². The lowest BCUT2D eigenvalue weighted by Crippen LogP contribution is -2.28. The summed E-state index contributed by atoms with van der Waals surface area (Å²) in [5, 5.41) is 4.26. The van der Waals surface area contributed by atoms with Crippen molar-refractivity contribution in [2.24, 2.45) is 11.8 Å². The number of hydrogen-bond donors (Lipinski definition) is 1. The molecule has 1 saturated carbocycles. The van der Waals surface area contributed by atoms with Gasteiger partial charge in [0.05, 0.1) is 0 Å². The number of anilines is 1. The minimum atomic E-state index is 0.643. The van der Waals surface area contributed by atoms with E-state index in [-0.39, 0.29) is 0 Å². The van der Waals surface area contributed by atoms with Gasteiger partial charge in [-0.15, -0.1) is 0 Å². The van der Waals surface area contributed by atoms with Crippen LogP contribution in [0, 0.1) is 18.8 Å². The lowest BCUT2D eigenvalue weighted by Gasteiger charge is -2.33. The quantitative estimate of drug-likeness (QED) is 0.752. The zero-order valence-electron chi connectivity index (χ0n) is 8.33. The molecule has 1 aliphatic rings. The zero-order chi connectivity index (χ0) is 9.42. The average Bonchev–Trinajstić information content (AvgIpc) is 2.38. The molecule has 3 nitrogen and oxygen atoms in total. The van der Waals surface area contributed by atoms with E-state index in [4.69, 9.17) is 5.73 Å². The van der Waals surface area contributed by atoms with E-state index in [0.29, 0.717) is 5.82 Å². The second kappa shape index (κ2) is 3.05. The molecule has 1 heterocycles. The first kappa shape index (κ1) is 8.60. The molecule has 72 valence electrons. The van der Waals surface area contributed by atoms with E-state index in [9.17, 15) is 0 Å². The number of aromatic nitrogens is 2. The fourth-order valence-corrected chi connectivity index (χ4v) is 1.95. The van der Waals surface area contributed by atoms with Crippen LogP contribution in [-0.2, 0) is 6.54 Å². The van der Waals surface area contributed by atoms with Crippen LogP contribution in [0.1, 0.15) is 25.5 Å². The number of nitrogens with zero attached hydrogens (tertiary/aromatic N) is 2. The molecule has 1 fully saturated rings. The summed E-state index contributed by atoms with van der Waals surface area (Å²) in [5.74, 6) is 2.33. The van der Waals surface area contributed by atoms with Crippen LogP contribution in [0.3, 0.4) is 0 Å². The van der Waals surface area contributed by atoms with Crippen LogP contribution in [0.15, 0.2) is 6.07 Å². The van der Waals surface area contributed by atoms with E-state index in [1.165, 1.54) is 18.5 Å². The molecule has 0 unspecified atom stereocenters. The Labute approximate surface area is 78.9 Å². The molecule has 3 heteroatoms. The molecule has 2 atom stereocenters. The highest BCUT2D eigenvalue weighted by Crippen LogP contribution is 2.34. The van der Waals surface area contributed by atoms with Gasteiger partial charge in [0.15, 0.2) is 0 Å². The lowest BCUT2D eigenvalue weighted by atomic mass is 9.75. The van der Waals surface area contributed by atoms with Gasteiger partial charge in [0, 0.05) is 18.3 Å². The molecule has 0 spiro atoms. The maximum Gasteiger partial charge on any atom is 0.145 e. The second-order valence-electron chi connectivity index (χ2n) is 4.21. The van der Waals surface area contributed by atoms with E-state index in [1.807, 2.05) is 10.7 Å². The highest BCUT2D eigenvalue weighted by Gasteiger charge is 2.27. The van der Waals surface area contributed by atoms with Crippen LogP contribution in [-0.4, -0.2) is 9.78 Å². The number of aryl methyl sites for hydroxylation is 1. The van der Waals surface area contributed by atoms with Crippen LogP contribution in [0.4, 0.5) is 5.82 Å². The highest BCUT2D eigenvalue weighted by atomic mass is 15.3. The van der Waals surface area contributed by atoms with Gasteiger partial charge in [-0.3, -0.25) is 4.68 Å². The third kappa shape index (κ3) is 1.55. The Morgan fingerprint density at radius 2 is 2.38 bits per heavy atom. The summed E-state index contributed by atoms with van der Waals surface area (Å²) in [7, 11) is 0. The van der Waals surface area contributed by atoms with Gasteiger partial charge in [0.1, 0.15) is 5.82 Å². The van der Waals surface area contributed by atoms with Crippen molar-refractivity contribution in [2.75, 3.05) is 5.73 Å². The number of hydrogen-bond acceptors (Lipinski definition) is 2. The summed E-state index contributed by atoms with van der Waals surface area (Å²) in [5.41, 5.74) is 6.79. The predicted octanol–water partition coefficient (Wildman–Crippen LogP) is 1.82.